The third-order valence-electron chi connectivity index (χ3n) is 2.48. The van der Waals surface area contributed by atoms with E-state index in [1.165, 1.54) is 0 Å². The van der Waals surface area contributed by atoms with Gasteiger partial charge in [0.15, 0.2) is 0 Å². The zero-order valence-corrected chi connectivity index (χ0v) is 12.7. The molecule has 1 rings (SSSR count). The van der Waals surface area contributed by atoms with Gasteiger partial charge in [0.1, 0.15) is 12.4 Å². The normalized spacial score (nSPS) is 11.1. The molecule has 0 fully saturated rings. The molecule has 7 nitrogen and oxygen atoms in total. The molecule has 0 heterocycles. The zero-order chi connectivity index (χ0) is 15.7. The highest BCUT2D eigenvalue weighted by atomic mass is 32.2. The Bertz CT molecular complexity index is 559. The van der Waals surface area contributed by atoms with Crippen LogP contribution in [0.3, 0.4) is 0 Å². The number of nitrogens with two attached hydrogens (primary N) is 1. The van der Waals surface area contributed by atoms with E-state index in [1.54, 1.807) is 31.2 Å². The minimum Gasteiger partial charge on any atom is -0.490 e. The standard InChI is InChI=1S/C13H20N2O5S/c1-2-19-13(16)7-10-21(17,18)15-8-9-20-12-6-4-3-5-11(12)14/h3-6,15H,2,7-10,14H2,1H3. The molecule has 0 saturated heterocycles. The van der Waals surface area contributed by atoms with Crippen LogP contribution in [0.1, 0.15) is 13.3 Å². The Labute approximate surface area is 124 Å². The number of ether oxygens (including phenoxy) is 2. The van der Waals surface area contributed by atoms with E-state index in [-0.39, 0.29) is 31.9 Å². The van der Waals surface area contributed by atoms with Gasteiger partial charge in [0.05, 0.1) is 24.5 Å². The number of hydrogen-bond donors (Lipinski definition) is 2. The van der Waals surface area contributed by atoms with Crippen molar-refractivity contribution in [2.45, 2.75) is 13.3 Å². The fourth-order valence-electron chi connectivity index (χ4n) is 1.49. The third-order valence-corrected chi connectivity index (χ3v) is 3.87. The van der Waals surface area contributed by atoms with E-state index in [9.17, 15) is 13.2 Å². The maximum Gasteiger partial charge on any atom is 0.306 e. The van der Waals surface area contributed by atoms with Crippen molar-refractivity contribution in [2.24, 2.45) is 0 Å². The largest absolute Gasteiger partial charge is 0.490 e. The molecule has 0 saturated carbocycles. The summed E-state index contributed by atoms with van der Waals surface area (Å²) in [6.07, 6.45) is -0.171. The molecule has 0 radical (unpaired) electrons. The summed E-state index contributed by atoms with van der Waals surface area (Å²) in [4.78, 5) is 11.1. The first-order valence-corrected chi connectivity index (χ1v) is 8.20. The summed E-state index contributed by atoms with van der Waals surface area (Å²) in [5.74, 6) is -0.335. The van der Waals surface area contributed by atoms with Gasteiger partial charge in [0.2, 0.25) is 10.0 Å². The monoisotopic (exact) mass is 316 g/mol. The maximum absolute atomic E-state index is 11.6. The number of esters is 1. The highest BCUT2D eigenvalue weighted by Crippen LogP contribution is 2.19. The molecule has 0 aromatic heterocycles. The van der Waals surface area contributed by atoms with Crippen LogP contribution in [0.15, 0.2) is 24.3 Å². The van der Waals surface area contributed by atoms with Crippen molar-refractivity contribution in [1.82, 2.24) is 4.72 Å². The highest BCUT2D eigenvalue weighted by Gasteiger charge is 2.13. The number of para-hydroxylation sites is 2. The molecule has 21 heavy (non-hydrogen) atoms. The predicted molar refractivity (Wildman–Crippen MR) is 79.4 cm³/mol. The lowest BCUT2D eigenvalue weighted by atomic mass is 10.3. The summed E-state index contributed by atoms with van der Waals surface area (Å²) in [6.45, 7) is 2.14. The second kappa shape index (κ2) is 8.48. The van der Waals surface area contributed by atoms with Gasteiger partial charge in [-0.1, -0.05) is 12.1 Å². The first kappa shape index (κ1) is 17.3. The summed E-state index contributed by atoms with van der Waals surface area (Å²) >= 11 is 0. The summed E-state index contributed by atoms with van der Waals surface area (Å²) in [5.41, 5.74) is 6.17. The molecule has 0 aliphatic carbocycles. The number of hydrogen-bond acceptors (Lipinski definition) is 6. The van der Waals surface area contributed by atoms with Gasteiger partial charge >= 0.3 is 5.97 Å². The molecule has 8 heteroatoms. The highest BCUT2D eigenvalue weighted by molar-refractivity contribution is 7.89. The Kier molecular flexibility index (Phi) is 6.97. The van der Waals surface area contributed by atoms with Crippen molar-refractivity contribution in [3.05, 3.63) is 24.3 Å². The lowest BCUT2D eigenvalue weighted by Gasteiger charge is -2.09. The van der Waals surface area contributed by atoms with Crippen LogP contribution in [0.5, 0.6) is 5.75 Å². The SMILES string of the molecule is CCOC(=O)CCS(=O)(=O)NCCOc1ccccc1N. The molecule has 0 spiro atoms. The molecular formula is C13H20N2O5S. The van der Waals surface area contributed by atoms with Crippen LogP contribution in [0.4, 0.5) is 5.69 Å². The van der Waals surface area contributed by atoms with Crippen molar-refractivity contribution in [1.29, 1.82) is 0 Å². The quantitative estimate of drug-likeness (QED) is 0.391. The van der Waals surface area contributed by atoms with E-state index >= 15 is 0 Å². The summed E-state index contributed by atoms with van der Waals surface area (Å²) in [6, 6.07) is 6.94. The maximum atomic E-state index is 11.6. The number of nitrogens with one attached hydrogen (secondary N) is 1. The van der Waals surface area contributed by atoms with Gasteiger partial charge in [-0.15, -0.1) is 0 Å². The van der Waals surface area contributed by atoms with E-state index in [4.69, 9.17) is 10.5 Å². The molecule has 3 N–H and O–H groups in total. The summed E-state index contributed by atoms with van der Waals surface area (Å²) in [7, 11) is -3.52. The first-order valence-electron chi connectivity index (χ1n) is 6.55. The van der Waals surface area contributed by atoms with Crippen LogP contribution in [0.25, 0.3) is 0 Å². The fourth-order valence-corrected chi connectivity index (χ4v) is 2.47. The van der Waals surface area contributed by atoms with Gasteiger partial charge in [-0.05, 0) is 19.1 Å². The van der Waals surface area contributed by atoms with Crippen molar-refractivity contribution >= 4 is 21.7 Å². The lowest BCUT2D eigenvalue weighted by molar-refractivity contribution is -0.142. The van der Waals surface area contributed by atoms with Gasteiger partial charge in [0, 0.05) is 6.54 Å². The molecular weight excluding hydrogens is 296 g/mol. The van der Waals surface area contributed by atoms with Crippen LogP contribution in [0.2, 0.25) is 0 Å². The number of nitrogen functional groups attached to an aromatic ring is 1. The molecule has 0 aliphatic rings. The molecule has 1 aromatic carbocycles. The van der Waals surface area contributed by atoms with Gasteiger partial charge in [0.25, 0.3) is 0 Å². The topological polar surface area (TPSA) is 108 Å². The molecule has 0 amide bonds. The third kappa shape index (κ3) is 6.96. The fraction of sp³-hybridized carbons (Fsp3) is 0.462. The minimum absolute atomic E-state index is 0.0967. The van der Waals surface area contributed by atoms with E-state index in [1.807, 2.05) is 0 Å². The average Bonchev–Trinajstić information content (AvgIpc) is 2.44. The molecule has 0 aliphatic heterocycles. The predicted octanol–water partition coefficient (Wildman–Crippen LogP) is 0.520. The van der Waals surface area contributed by atoms with Crippen LogP contribution in [0, 0.1) is 0 Å². The lowest BCUT2D eigenvalue weighted by Crippen LogP contribution is -2.31. The van der Waals surface area contributed by atoms with Crippen LogP contribution in [-0.4, -0.2) is 39.9 Å². The Hall–Kier alpha value is -1.80. The average molecular weight is 316 g/mol. The van der Waals surface area contributed by atoms with E-state index in [2.05, 4.69) is 9.46 Å². The Morgan fingerprint density at radius 3 is 2.71 bits per heavy atom. The Morgan fingerprint density at radius 2 is 2.05 bits per heavy atom. The number of benzene rings is 1. The zero-order valence-electron chi connectivity index (χ0n) is 11.9. The Balaban J connectivity index is 2.28. The number of carbonyl (C=O) groups excluding carboxylic acids is 1. The Morgan fingerprint density at radius 1 is 1.33 bits per heavy atom. The van der Waals surface area contributed by atoms with Gasteiger partial charge < -0.3 is 15.2 Å². The minimum atomic E-state index is -3.52. The van der Waals surface area contributed by atoms with Gasteiger partial charge in [-0.25, -0.2) is 13.1 Å². The molecule has 118 valence electrons. The smallest absolute Gasteiger partial charge is 0.306 e. The number of rotatable bonds is 9. The molecule has 0 atom stereocenters. The number of sulfonamides is 1. The van der Waals surface area contributed by atoms with Gasteiger partial charge in [-0.3, -0.25) is 4.79 Å². The van der Waals surface area contributed by atoms with Crippen molar-refractivity contribution in [2.75, 3.05) is 31.2 Å². The van der Waals surface area contributed by atoms with Crippen LogP contribution in [-0.2, 0) is 19.6 Å². The van der Waals surface area contributed by atoms with E-state index < -0.39 is 16.0 Å². The van der Waals surface area contributed by atoms with Crippen molar-refractivity contribution in [3.8, 4) is 5.75 Å². The van der Waals surface area contributed by atoms with Crippen molar-refractivity contribution < 1.29 is 22.7 Å². The van der Waals surface area contributed by atoms with Crippen LogP contribution < -0.4 is 15.2 Å². The number of anilines is 1. The van der Waals surface area contributed by atoms with E-state index in [0.29, 0.717) is 11.4 Å². The van der Waals surface area contributed by atoms with Crippen molar-refractivity contribution in [3.63, 3.8) is 0 Å². The molecule has 1 aromatic rings. The summed E-state index contributed by atoms with van der Waals surface area (Å²) < 4.78 is 35.6. The molecule has 0 bridgehead atoms. The molecule has 0 unspecified atom stereocenters. The van der Waals surface area contributed by atoms with Gasteiger partial charge in [-0.2, -0.15) is 0 Å². The van der Waals surface area contributed by atoms with Crippen LogP contribution >= 0.6 is 0 Å². The summed E-state index contributed by atoms with van der Waals surface area (Å²) in [5, 5.41) is 0. The first-order chi connectivity index (χ1) is 9.94. The van der Waals surface area contributed by atoms with E-state index in [0.717, 1.165) is 0 Å². The number of carbonyl (C=O) groups is 1. The second-order valence-electron chi connectivity index (χ2n) is 4.15. The second-order valence-corrected chi connectivity index (χ2v) is 6.08.